The summed E-state index contributed by atoms with van der Waals surface area (Å²) in [5.41, 5.74) is 0.266. The maximum atomic E-state index is 13.2. The van der Waals surface area contributed by atoms with E-state index in [0.29, 0.717) is 12.0 Å². The molecule has 1 aromatic heterocycles. The zero-order valence-corrected chi connectivity index (χ0v) is 16.4. The minimum atomic E-state index is -0.389. The van der Waals surface area contributed by atoms with E-state index in [1.165, 1.54) is 30.7 Å². The summed E-state index contributed by atoms with van der Waals surface area (Å²) in [6.45, 7) is 2.15. The second-order valence-corrected chi connectivity index (χ2v) is 7.30. The third-order valence-corrected chi connectivity index (χ3v) is 5.06. The van der Waals surface area contributed by atoms with Crippen molar-refractivity contribution in [1.29, 1.82) is 0 Å². The van der Waals surface area contributed by atoms with Gasteiger partial charge in [-0.1, -0.05) is 39.0 Å². The molecule has 0 aliphatic rings. The van der Waals surface area contributed by atoms with Gasteiger partial charge in [0.15, 0.2) is 5.43 Å². The number of fused-ring (bicyclic) bond motifs is 1. The Bertz CT molecular complexity index is 1070. The van der Waals surface area contributed by atoms with Crippen LogP contribution in [0.1, 0.15) is 51.0 Å². The normalized spacial score (nSPS) is 11.2. The fourth-order valence-electron chi connectivity index (χ4n) is 3.56. The first-order valence-corrected chi connectivity index (χ1v) is 9.96. The topological polar surface area (TPSA) is 111 Å². The van der Waals surface area contributed by atoms with Crippen LogP contribution in [-0.4, -0.2) is 20.4 Å². The van der Waals surface area contributed by atoms with E-state index < -0.39 is 0 Å². The first-order valence-electron chi connectivity index (χ1n) is 9.96. The maximum Gasteiger partial charge on any atom is 0.200 e. The highest BCUT2D eigenvalue weighted by Gasteiger charge is 2.21. The fourth-order valence-corrected chi connectivity index (χ4v) is 3.56. The van der Waals surface area contributed by atoms with Crippen LogP contribution in [0.15, 0.2) is 39.5 Å². The van der Waals surface area contributed by atoms with Gasteiger partial charge in [0.25, 0.3) is 0 Å². The Kier molecular flexibility index (Phi) is 6.32. The second-order valence-electron chi connectivity index (χ2n) is 7.30. The fraction of sp³-hybridized carbons (Fsp3) is 0.348. The highest BCUT2D eigenvalue weighted by molar-refractivity contribution is 5.87. The first-order chi connectivity index (χ1) is 13.9. The van der Waals surface area contributed by atoms with Gasteiger partial charge in [-0.05, 0) is 25.0 Å². The largest absolute Gasteiger partial charge is 0.508 e. The van der Waals surface area contributed by atoms with Gasteiger partial charge in [-0.3, -0.25) is 4.79 Å². The first kappa shape index (κ1) is 20.6. The Morgan fingerprint density at radius 1 is 0.828 bits per heavy atom. The van der Waals surface area contributed by atoms with Crippen LogP contribution in [0, 0.1) is 0 Å². The van der Waals surface area contributed by atoms with Crippen LogP contribution in [0.4, 0.5) is 0 Å². The summed E-state index contributed by atoms with van der Waals surface area (Å²) in [7, 11) is 0. The third-order valence-electron chi connectivity index (χ3n) is 5.06. The lowest BCUT2D eigenvalue weighted by molar-refractivity contribution is 0.449. The van der Waals surface area contributed by atoms with Crippen molar-refractivity contribution in [3.05, 3.63) is 46.1 Å². The molecule has 0 amide bonds. The van der Waals surface area contributed by atoms with Crippen LogP contribution in [0.3, 0.4) is 0 Å². The summed E-state index contributed by atoms with van der Waals surface area (Å²) < 4.78 is 5.88. The summed E-state index contributed by atoms with van der Waals surface area (Å²) in [5, 5.41) is 39.8. The van der Waals surface area contributed by atoms with Crippen LogP contribution < -0.4 is 5.43 Å². The average molecular weight is 398 g/mol. The molecule has 2 aromatic carbocycles. The molecule has 0 spiro atoms. The number of rotatable bonds is 8. The van der Waals surface area contributed by atoms with Crippen molar-refractivity contribution in [2.75, 3.05) is 0 Å². The van der Waals surface area contributed by atoms with Gasteiger partial charge in [-0.2, -0.15) is 0 Å². The molecule has 0 saturated heterocycles. The van der Waals surface area contributed by atoms with Crippen LogP contribution in [-0.2, 0) is 6.42 Å². The third kappa shape index (κ3) is 4.47. The lowest BCUT2D eigenvalue weighted by Gasteiger charge is -2.12. The molecule has 6 heteroatoms. The molecule has 3 aromatic rings. The van der Waals surface area contributed by atoms with Crippen molar-refractivity contribution < 1.29 is 24.8 Å². The molecule has 0 atom stereocenters. The van der Waals surface area contributed by atoms with Crippen LogP contribution in [0.25, 0.3) is 22.3 Å². The summed E-state index contributed by atoms with van der Waals surface area (Å²) in [5.74, 6) is -0.732. The standard InChI is InChI=1S/C23H26O6/c1-2-3-4-5-6-7-8-17-22(28)21-19(27)12-15(25)13-20(21)29-23(17)16-10-9-14(24)11-18(16)26/h9-13,24-27H,2-8H2,1H3. The van der Waals surface area contributed by atoms with E-state index in [9.17, 15) is 25.2 Å². The van der Waals surface area contributed by atoms with Crippen LogP contribution >= 0.6 is 0 Å². The zero-order valence-electron chi connectivity index (χ0n) is 16.4. The molecule has 0 radical (unpaired) electrons. The van der Waals surface area contributed by atoms with Gasteiger partial charge < -0.3 is 24.8 Å². The summed E-state index contributed by atoms with van der Waals surface area (Å²) >= 11 is 0. The Morgan fingerprint density at radius 3 is 2.24 bits per heavy atom. The van der Waals surface area contributed by atoms with E-state index in [4.69, 9.17) is 4.42 Å². The van der Waals surface area contributed by atoms with E-state index in [0.717, 1.165) is 38.2 Å². The van der Waals surface area contributed by atoms with Crippen LogP contribution in [0.2, 0.25) is 0 Å². The molecule has 3 rings (SSSR count). The number of hydrogen-bond donors (Lipinski definition) is 4. The number of phenolic OH excluding ortho intramolecular Hbond substituents is 4. The van der Waals surface area contributed by atoms with Gasteiger partial charge in [-0.15, -0.1) is 0 Å². The highest BCUT2D eigenvalue weighted by atomic mass is 16.3. The molecular formula is C23H26O6. The van der Waals surface area contributed by atoms with Crippen molar-refractivity contribution in [3.8, 4) is 34.3 Å². The monoisotopic (exact) mass is 398 g/mol. The van der Waals surface area contributed by atoms with Gasteiger partial charge >= 0.3 is 0 Å². The van der Waals surface area contributed by atoms with Crippen molar-refractivity contribution in [1.82, 2.24) is 0 Å². The molecule has 29 heavy (non-hydrogen) atoms. The number of hydrogen-bond acceptors (Lipinski definition) is 6. The van der Waals surface area contributed by atoms with Gasteiger partial charge in [-0.25, -0.2) is 0 Å². The van der Waals surface area contributed by atoms with Crippen LogP contribution in [0.5, 0.6) is 23.0 Å². The Labute approximate surface area is 168 Å². The SMILES string of the molecule is CCCCCCCCc1c(-c2ccc(O)cc2O)oc2cc(O)cc(O)c2c1=O. The molecular weight excluding hydrogens is 372 g/mol. The molecule has 6 nitrogen and oxygen atoms in total. The number of benzene rings is 2. The predicted octanol–water partition coefficient (Wildman–Crippen LogP) is 5.19. The molecule has 0 aliphatic heterocycles. The quantitative estimate of drug-likeness (QED) is 0.389. The Morgan fingerprint density at radius 2 is 1.52 bits per heavy atom. The molecule has 154 valence electrons. The zero-order chi connectivity index (χ0) is 21.0. The number of unbranched alkanes of at least 4 members (excludes halogenated alkanes) is 5. The predicted molar refractivity (Wildman–Crippen MR) is 112 cm³/mol. The van der Waals surface area contributed by atoms with E-state index in [1.807, 2.05) is 0 Å². The Hall–Kier alpha value is -3.15. The van der Waals surface area contributed by atoms with Crippen molar-refractivity contribution in [3.63, 3.8) is 0 Å². The second kappa shape index (κ2) is 8.90. The molecule has 4 N–H and O–H groups in total. The van der Waals surface area contributed by atoms with Crippen molar-refractivity contribution in [2.24, 2.45) is 0 Å². The molecule has 1 heterocycles. The van der Waals surface area contributed by atoms with Gasteiger partial charge in [0.1, 0.15) is 39.7 Å². The summed E-state index contributed by atoms with van der Waals surface area (Å²) in [4.78, 5) is 13.2. The average Bonchev–Trinajstić information content (AvgIpc) is 2.65. The molecule has 0 aliphatic carbocycles. The van der Waals surface area contributed by atoms with Gasteiger partial charge in [0.2, 0.25) is 0 Å². The van der Waals surface area contributed by atoms with E-state index in [-0.39, 0.29) is 50.7 Å². The highest BCUT2D eigenvalue weighted by Crippen LogP contribution is 2.37. The Balaban J connectivity index is 2.08. The van der Waals surface area contributed by atoms with E-state index in [2.05, 4.69) is 6.92 Å². The molecule has 0 bridgehead atoms. The minimum absolute atomic E-state index is 0.00537. The van der Waals surface area contributed by atoms with Gasteiger partial charge in [0.05, 0.1) is 5.56 Å². The lowest BCUT2D eigenvalue weighted by Crippen LogP contribution is -2.11. The minimum Gasteiger partial charge on any atom is -0.508 e. The maximum absolute atomic E-state index is 13.2. The molecule has 0 fully saturated rings. The summed E-state index contributed by atoms with van der Waals surface area (Å²) in [6.07, 6.45) is 6.72. The smallest absolute Gasteiger partial charge is 0.200 e. The van der Waals surface area contributed by atoms with Crippen molar-refractivity contribution in [2.45, 2.75) is 51.9 Å². The van der Waals surface area contributed by atoms with E-state index in [1.54, 1.807) is 0 Å². The van der Waals surface area contributed by atoms with E-state index >= 15 is 0 Å². The molecule has 0 unspecified atom stereocenters. The number of aromatic hydroxyl groups is 4. The lowest BCUT2D eigenvalue weighted by atomic mass is 9.98. The summed E-state index contributed by atoms with van der Waals surface area (Å²) in [6, 6.07) is 6.40. The van der Waals surface area contributed by atoms with Gasteiger partial charge in [0, 0.05) is 23.8 Å². The molecule has 0 saturated carbocycles. The number of phenols is 4. The van der Waals surface area contributed by atoms with Crippen molar-refractivity contribution >= 4 is 11.0 Å².